The van der Waals surface area contributed by atoms with Crippen LogP contribution in [-0.2, 0) is 6.42 Å². The Morgan fingerprint density at radius 1 is 0.409 bits per heavy atom. The Balaban J connectivity index is 1.27. The Kier molecular flexibility index (Phi) is 5.53. The second-order valence-electron chi connectivity index (χ2n) is 11.3. The van der Waals surface area contributed by atoms with E-state index in [4.69, 9.17) is 15.0 Å². The minimum atomic E-state index is 0.614. The predicted molar refractivity (Wildman–Crippen MR) is 179 cm³/mol. The molecule has 44 heavy (non-hydrogen) atoms. The van der Waals surface area contributed by atoms with Gasteiger partial charge in [-0.2, -0.15) is 9.97 Å². The molecule has 0 unspecified atom stereocenters. The van der Waals surface area contributed by atoms with Crippen LogP contribution >= 0.6 is 0 Å². The van der Waals surface area contributed by atoms with Crippen LogP contribution in [0.15, 0.2) is 146 Å². The molecule has 8 aromatic rings. The van der Waals surface area contributed by atoms with Gasteiger partial charge in [0.1, 0.15) is 0 Å². The fraction of sp³-hybridized carbons (Fsp3) is 0.0250. The number of benzene rings is 6. The van der Waals surface area contributed by atoms with Crippen molar-refractivity contribution in [1.29, 1.82) is 0 Å². The quantitative estimate of drug-likeness (QED) is 0.215. The Bertz CT molecular complexity index is 2340. The molecule has 2 heterocycles. The zero-order valence-electron chi connectivity index (χ0n) is 23.9. The molecule has 0 amide bonds. The van der Waals surface area contributed by atoms with Crippen molar-refractivity contribution in [2.24, 2.45) is 0 Å². The maximum atomic E-state index is 5.15. The highest BCUT2D eigenvalue weighted by Gasteiger charge is 2.23. The van der Waals surface area contributed by atoms with Gasteiger partial charge in [-0.25, -0.2) is 4.98 Å². The van der Waals surface area contributed by atoms with Crippen LogP contribution in [0.5, 0.6) is 0 Å². The van der Waals surface area contributed by atoms with Crippen LogP contribution in [-0.4, -0.2) is 19.5 Å². The molecule has 4 heteroatoms. The largest absolute Gasteiger partial charge is 0.278 e. The molecular weight excluding hydrogens is 536 g/mol. The highest BCUT2D eigenvalue weighted by Crippen LogP contribution is 2.42. The number of para-hydroxylation sites is 1. The van der Waals surface area contributed by atoms with E-state index in [9.17, 15) is 0 Å². The topological polar surface area (TPSA) is 43.6 Å². The lowest BCUT2D eigenvalue weighted by Crippen LogP contribution is -2.06. The van der Waals surface area contributed by atoms with E-state index < -0.39 is 0 Å². The Morgan fingerprint density at radius 3 is 1.77 bits per heavy atom. The molecule has 0 saturated heterocycles. The average Bonchev–Trinajstić information content (AvgIpc) is 3.62. The predicted octanol–water partition coefficient (Wildman–Crippen LogP) is 9.54. The zero-order valence-corrected chi connectivity index (χ0v) is 23.9. The van der Waals surface area contributed by atoms with Crippen molar-refractivity contribution in [3.05, 3.63) is 157 Å². The highest BCUT2D eigenvalue weighted by molar-refractivity contribution is 6.11. The molecule has 0 saturated carbocycles. The van der Waals surface area contributed by atoms with Gasteiger partial charge in [-0.3, -0.25) is 4.57 Å². The van der Waals surface area contributed by atoms with Gasteiger partial charge in [-0.15, -0.1) is 0 Å². The Hall–Kier alpha value is -5.87. The first kappa shape index (κ1) is 24.7. The number of hydrogen-bond acceptors (Lipinski definition) is 3. The van der Waals surface area contributed by atoms with E-state index in [1.165, 1.54) is 38.6 Å². The minimum absolute atomic E-state index is 0.614. The van der Waals surface area contributed by atoms with Crippen LogP contribution < -0.4 is 0 Å². The summed E-state index contributed by atoms with van der Waals surface area (Å²) in [4.78, 5) is 15.3. The SMILES string of the molecule is c1ccc(-c2ccc(-c3nc(-c4ccccc4)nc(-n4c5ccccc5c5cc6c(cc54)Cc4ccccc4-6)n3)cc2)cc1. The van der Waals surface area contributed by atoms with E-state index in [0.717, 1.165) is 34.1 Å². The van der Waals surface area contributed by atoms with Gasteiger partial charge >= 0.3 is 0 Å². The molecule has 0 spiro atoms. The summed E-state index contributed by atoms with van der Waals surface area (Å²) < 4.78 is 2.21. The van der Waals surface area contributed by atoms with Crippen LogP contribution in [0.2, 0.25) is 0 Å². The third kappa shape index (κ3) is 3.96. The second-order valence-corrected chi connectivity index (χ2v) is 11.3. The van der Waals surface area contributed by atoms with Gasteiger partial charge in [0.2, 0.25) is 5.95 Å². The van der Waals surface area contributed by atoms with Gasteiger partial charge in [0.15, 0.2) is 11.6 Å². The third-order valence-corrected chi connectivity index (χ3v) is 8.69. The first-order valence-corrected chi connectivity index (χ1v) is 14.9. The molecule has 0 atom stereocenters. The first-order chi connectivity index (χ1) is 21.8. The van der Waals surface area contributed by atoms with Crippen LogP contribution in [0, 0.1) is 0 Å². The molecule has 4 nitrogen and oxygen atoms in total. The molecule has 0 fully saturated rings. The summed E-state index contributed by atoms with van der Waals surface area (Å²) in [6.45, 7) is 0. The molecule has 6 aromatic carbocycles. The van der Waals surface area contributed by atoms with E-state index in [-0.39, 0.29) is 0 Å². The maximum Gasteiger partial charge on any atom is 0.238 e. The van der Waals surface area contributed by atoms with E-state index in [2.05, 4.69) is 126 Å². The molecule has 0 N–H and O–H groups in total. The summed E-state index contributed by atoms with van der Waals surface area (Å²) in [7, 11) is 0. The van der Waals surface area contributed by atoms with E-state index in [1.807, 2.05) is 24.3 Å². The third-order valence-electron chi connectivity index (χ3n) is 8.69. The Morgan fingerprint density at radius 2 is 1.00 bits per heavy atom. The monoisotopic (exact) mass is 562 g/mol. The summed E-state index contributed by atoms with van der Waals surface area (Å²) in [5.74, 6) is 1.91. The molecule has 206 valence electrons. The van der Waals surface area contributed by atoms with Crippen molar-refractivity contribution in [2.75, 3.05) is 0 Å². The summed E-state index contributed by atoms with van der Waals surface area (Å²) in [5, 5.41) is 2.39. The number of nitrogens with zero attached hydrogens (tertiary/aromatic N) is 4. The molecule has 1 aliphatic carbocycles. The number of fused-ring (bicyclic) bond motifs is 6. The molecule has 2 aromatic heterocycles. The fourth-order valence-electron chi connectivity index (χ4n) is 6.57. The summed E-state index contributed by atoms with van der Waals surface area (Å²) in [6, 6.07) is 51.0. The van der Waals surface area contributed by atoms with Crippen LogP contribution in [0.25, 0.3) is 72.8 Å². The standard InChI is InChI=1S/C40H26N4/c1-3-11-26(12-4-1)27-19-21-29(22-20-27)39-41-38(28-13-5-2-6-14-28)42-40(43-39)44-36-18-10-9-17-33(36)35-25-34-31(24-37(35)44)23-30-15-7-8-16-32(30)34/h1-22,24-25H,23H2. The lowest BCUT2D eigenvalue weighted by atomic mass is 10.0. The number of aromatic nitrogens is 4. The smallest absolute Gasteiger partial charge is 0.238 e. The normalized spacial score (nSPS) is 12.0. The van der Waals surface area contributed by atoms with Crippen molar-refractivity contribution in [1.82, 2.24) is 19.5 Å². The van der Waals surface area contributed by atoms with Gasteiger partial charge in [-0.05, 0) is 58.0 Å². The lowest BCUT2D eigenvalue weighted by Gasteiger charge is -2.12. The van der Waals surface area contributed by atoms with Crippen LogP contribution in [0.1, 0.15) is 11.1 Å². The van der Waals surface area contributed by atoms with Crippen molar-refractivity contribution >= 4 is 21.8 Å². The summed E-state index contributed by atoms with van der Waals surface area (Å²) in [6.07, 6.45) is 0.925. The molecular formula is C40H26N4. The molecule has 9 rings (SSSR count). The summed E-state index contributed by atoms with van der Waals surface area (Å²) in [5.41, 5.74) is 11.8. The minimum Gasteiger partial charge on any atom is -0.278 e. The van der Waals surface area contributed by atoms with Crippen molar-refractivity contribution in [3.8, 4) is 51.0 Å². The van der Waals surface area contributed by atoms with Crippen molar-refractivity contribution in [2.45, 2.75) is 6.42 Å². The van der Waals surface area contributed by atoms with E-state index in [1.54, 1.807) is 0 Å². The zero-order chi connectivity index (χ0) is 29.0. The van der Waals surface area contributed by atoms with Gasteiger partial charge in [0, 0.05) is 21.9 Å². The average molecular weight is 563 g/mol. The van der Waals surface area contributed by atoms with Crippen molar-refractivity contribution in [3.63, 3.8) is 0 Å². The van der Waals surface area contributed by atoms with Gasteiger partial charge in [0.05, 0.1) is 11.0 Å². The molecule has 0 bridgehead atoms. The van der Waals surface area contributed by atoms with Gasteiger partial charge in [-0.1, -0.05) is 127 Å². The Labute approximate surface area is 255 Å². The van der Waals surface area contributed by atoms with E-state index in [0.29, 0.717) is 17.6 Å². The highest BCUT2D eigenvalue weighted by atomic mass is 15.2. The van der Waals surface area contributed by atoms with Gasteiger partial charge in [0.25, 0.3) is 0 Å². The van der Waals surface area contributed by atoms with Gasteiger partial charge < -0.3 is 0 Å². The molecule has 0 radical (unpaired) electrons. The van der Waals surface area contributed by atoms with Crippen LogP contribution in [0.4, 0.5) is 0 Å². The first-order valence-electron chi connectivity index (χ1n) is 14.9. The molecule has 1 aliphatic rings. The fourth-order valence-corrected chi connectivity index (χ4v) is 6.57. The molecule has 0 aliphatic heterocycles. The van der Waals surface area contributed by atoms with Crippen molar-refractivity contribution < 1.29 is 0 Å². The van der Waals surface area contributed by atoms with E-state index >= 15 is 0 Å². The second kappa shape index (κ2) is 9.85. The maximum absolute atomic E-state index is 5.15. The number of rotatable bonds is 4. The lowest BCUT2D eigenvalue weighted by molar-refractivity contribution is 0.953. The van der Waals surface area contributed by atoms with Crippen LogP contribution in [0.3, 0.4) is 0 Å². The number of hydrogen-bond donors (Lipinski definition) is 0. The summed E-state index contributed by atoms with van der Waals surface area (Å²) >= 11 is 0.